The van der Waals surface area contributed by atoms with Gasteiger partial charge in [-0.1, -0.05) is 57.2 Å². The molecule has 0 saturated carbocycles. The second-order valence-corrected chi connectivity index (χ2v) is 14.5. The van der Waals surface area contributed by atoms with Crippen LogP contribution in [0.1, 0.15) is 53.3 Å². The van der Waals surface area contributed by atoms with Crippen molar-refractivity contribution in [2.24, 2.45) is 0 Å². The largest absolute Gasteiger partial charge is 0.416 e. The predicted octanol–water partition coefficient (Wildman–Crippen LogP) is 3.79. The Morgan fingerprint density at radius 2 is 1.82 bits per heavy atom. The molecule has 11 nitrogen and oxygen atoms in total. The number of amides is 2. The summed E-state index contributed by atoms with van der Waals surface area (Å²) < 4.78 is 27.9. The van der Waals surface area contributed by atoms with Crippen LogP contribution in [0.15, 0.2) is 49.1 Å². The van der Waals surface area contributed by atoms with Crippen LogP contribution in [0.2, 0.25) is 5.04 Å². The molecule has 0 bridgehead atoms. The van der Waals surface area contributed by atoms with Gasteiger partial charge in [-0.05, 0) is 37.4 Å². The van der Waals surface area contributed by atoms with E-state index in [1.165, 1.54) is 6.33 Å². The molecule has 214 valence electrons. The number of rotatable bonds is 8. The first-order valence-corrected chi connectivity index (χ1v) is 14.9. The van der Waals surface area contributed by atoms with Crippen molar-refractivity contribution >= 4 is 38.9 Å². The molecule has 2 aliphatic heterocycles. The number of imidazole rings is 1. The Bertz CT molecular complexity index is 1360. The molecule has 2 aliphatic rings. The van der Waals surface area contributed by atoms with Gasteiger partial charge in [0.25, 0.3) is 0 Å². The molecule has 1 aromatic carbocycles. The van der Waals surface area contributed by atoms with E-state index in [0.29, 0.717) is 23.5 Å². The number of carbonyl (C=O) groups is 1. The normalized spacial score (nSPS) is 25.3. The summed E-state index contributed by atoms with van der Waals surface area (Å²) in [4.78, 5) is 25.4. The molecular formula is C28H38N6O5Si. The summed E-state index contributed by atoms with van der Waals surface area (Å²) in [5.41, 5.74) is 1.41. The van der Waals surface area contributed by atoms with Crippen molar-refractivity contribution < 1.29 is 23.4 Å². The van der Waals surface area contributed by atoms with E-state index in [1.54, 1.807) is 6.33 Å². The third-order valence-corrected chi connectivity index (χ3v) is 8.54. The monoisotopic (exact) mass is 566 g/mol. The highest BCUT2D eigenvalue weighted by atomic mass is 28.2. The zero-order valence-electron chi connectivity index (χ0n) is 23.8. The molecule has 12 heteroatoms. The molecule has 0 spiro atoms. The number of nitrogens with one attached hydrogen (secondary N) is 2. The van der Waals surface area contributed by atoms with Crippen molar-refractivity contribution in [2.75, 3.05) is 11.9 Å². The predicted molar refractivity (Wildman–Crippen MR) is 154 cm³/mol. The van der Waals surface area contributed by atoms with Gasteiger partial charge in [0.15, 0.2) is 39.3 Å². The average Bonchev–Trinajstić information content (AvgIpc) is 3.61. The van der Waals surface area contributed by atoms with Crippen LogP contribution in [0.25, 0.3) is 17.2 Å². The highest BCUT2D eigenvalue weighted by Gasteiger charge is 2.58. The van der Waals surface area contributed by atoms with E-state index in [4.69, 9.17) is 18.6 Å². The maximum atomic E-state index is 12.2. The van der Waals surface area contributed by atoms with Crippen molar-refractivity contribution in [3.8, 4) is 0 Å². The molecule has 4 heterocycles. The Morgan fingerprint density at radius 3 is 2.55 bits per heavy atom. The van der Waals surface area contributed by atoms with Crippen LogP contribution in [-0.2, 0) is 18.6 Å². The van der Waals surface area contributed by atoms with Crippen LogP contribution in [0, 0.1) is 0 Å². The van der Waals surface area contributed by atoms with Crippen LogP contribution in [0.4, 0.5) is 10.6 Å². The number of fused-ring (bicyclic) bond motifs is 2. The summed E-state index contributed by atoms with van der Waals surface area (Å²) in [5, 5.41) is 5.56. The molecule has 2 N–H and O–H groups in total. The van der Waals surface area contributed by atoms with Gasteiger partial charge >= 0.3 is 6.03 Å². The molecule has 2 amide bonds. The van der Waals surface area contributed by atoms with Gasteiger partial charge in [0.05, 0.1) is 11.9 Å². The van der Waals surface area contributed by atoms with Crippen LogP contribution in [0.5, 0.6) is 0 Å². The van der Waals surface area contributed by atoms with Crippen molar-refractivity contribution in [3.05, 3.63) is 54.6 Å². The van der Waals surface area contributed by atoms with Crippen molar-refractivity contribution in [2.45, 2.75) is 83.0 Å². The topological polar surface area (TPSA) is 122 Å². The second kappa shape index (κ2) is 11.4. The first-order chi connectivity index (χ1) is 19.1. The lowest BCUT2D eigenvalue weighted by molar-refractivity contribution is -0.163. The van der Waals surface area contributed by atoms with Crippen LogP contribution >= 0.6 is 0 Å². The third kappa shape index (κ3) is 6.10. The van der Waals surface area contributed by atoms with Gasteiger partial charge in [0, 0.05) is 6.54 Å². The average molecular weight is 567 g/mol. The van der Waals surface area contributed by atoms with Gasteiger partial charge in [-0.2, -0.15) is 0 Å². The molecule has 3 aromatic rings. The van der Waals surface area contributed by atoms with Crippen LogP contribution < -0.4 is 10.6 Å². The molecule has 40 heavy (non-hydrogen) atoms. The van der Waals surface area contributed by atoms with Crippen molar-refractivity contribution in [3.63, 3.8) is 0 Å². The third-order valence-electron chi connectivity index (χ3n) is 6.78. The van der Waals surface area contributed by atoms with E-state index in [9.17, 15) is 4.79 Å². The van der Waals surface area contributed by atoms with Crippen LogP contribution in [0.3, 0.4) is 0 Å². The Morgan fingerprint density at radius 1 is 1.07 bits per heavy atom. The minimum atomic E-state index is -0.873. The Hall–Kier alpha value is -3.16. The van der Waals surface area contributed by atoms with Crippen LogP contribution in [-0.4, -0.2) is 72.1 Å². The van der Waals surface area contributed by atoms with Gasteiger partial charge in [0.1, 0.15) is 24.6 Å². The Labute approximate surface area is 236 Å². The quantitative estimate of drug-likeness (QED) is 0.395. The summed E-state index contributed by atoms with van der Waals surface area (Å²) in [6, 6.07) is 9.65. The Kier molecular flexibility index (Phi) is 8.07. The Balaban J connectivity index is 1.45. The summed E-state index contributed by atoms with van der Waals surface area (Å²) in [7, 11) is -0.873. The minimum absolute atomic E-state index is 0.119. The van der Waals surface area contributed by atoms with E-state index in [2.05, 4.69) is 60.2 Å². The summed E-state index contributed by atoms with van der Waals surface area (Å²) in [5.74, 6) is 0.313. The number of aromatic nitrogens is 4. The lowest BCUT2D eigenvalue weighted by Gasteiger charge is -2.36. The van der Waals surface area contributed by atoms with Gasteiger partial charge < -0.3 is 24.0 Å². The smallest absolute Gasteiger partial charge is 0.320 e. The molecule has 0 radical (unpaired) electrons. The fraction of sp³-hybridized carbons (Fsp3) is 0.500. The van der Waals surface area contributed by atoms with E-state index >= 15 is 0 Å². The number of carbonyl (C=O) groups excluding carboxylic acids is 1. The molecular weight excluding hydrogens is 528 g/mol. The molecule has 2 saturated heterocycles. The van der Waals surface area contributed by atoms with Gasteiger partial charge in [-0.15, -0.1) is 0 Å². The molecule has 2 aromatic heterocycles. The summed E-state index contributed by atoms with van der Waals surface area (Å²) in [6.07, 6.45) is 4.58. The highest BCUT2D eigenvalue weighted by Crippen LogP contribution is 2.45. The fourth-order valence-electron chi connectivity index (χ4n) is 4.83. The van der Waals surface area contributed by atoms with Gasteiger partial charge in [-0.25, -0.2) is 19.7 Å². The molecule has 5 unspecified atom stereocenters. The summed E-state index contributed by atoms with van der Waals surface area (Å²) >= 11 is 0. The van der Waals surface area contributed by atoms with E-state index < -0.39 is 40.1 Å². The lowest BCUT2D eigenvalue weighted by Crippen LogP contribution is -2.48. The van der Waals surface area contributed by atoms with E-state index in [1.807, 2.05) is 54.0 Å². The van der Waals surface area contributed by atoms with E-state index in [0.717, 1.165) is 5.56 Å². The standard InChI is InChI=1S/C28H38N6O5Si/c1-7-29-26(35)33-23-19-24(31-15-30-23)34(16-32-19)25-21-20(22(38-25)28(5,6)39-40-27(2,3)4)36-18(37-21)14-13-17-11-9-8-10-12-17/h8-16,18,20-22,25H,7,40H2,1-6H3,(H2,29,30,31,33,35). The molecule has 5 atom stereocenters. The lowest BCUT2D eigenvalue weighted by atomic mass is 9.96. The zero-order chi connectivity index (χ0) is 28.5. The maximum Gasteiger partial charge on any atom is 0.320 e. The summed E-state index contributed by atoms with van der Waals surface area (Å²) in [6.45, 7) is 13.0. The number of benzene rings is 1. The second-order valence-electron chi connectivity index (χ2n) is 11.8. The number of nitrogens with zero attached hydrogens (tertiary/aromatic N) is 4. The van der Waals surface area contributed by atoms with Crippen molar-refractivity contribution in [1.29, 1.82) is 0 Å². The number of urea groups is 1. The van der Waals surface area contributed by atoms with E-state index in [-0.39, 0.29) is 17.2 Å². The van der Waals surface area contributed by atoms with Crippen molar-refractivity contribution in [1.82, 2.24) is 24.8 Å². The number of anilines is 1. The van der Waals surface area contributed by atoms with Gasteiger partial charge in [-0.3, -0.25) is 9.88 Å². The van der Waals surface area contributed by atoms with Gasteiger partial charge in [0.2, 0.25) is 0 Å². The SMILES string of the molecule is CCNC(=O)Nc1ncnc2c1ncn2C1OC(C(C)(C)O[SiH2]C(C)(C)C)C2OC(C=Cc3ccccc3)OC21. The minimum Gasteiger partial charge on any atom is -0.416 e. The molecule has 2 fully saturated rings. The molecule has 0 aliphatic carbocycles. The highest BCUT2D eigenvalue weighted by molar-refractivity contribution is 6.31. The number of hydrogen-bond donors (Lipinski definition) is 2. The molecule has 5 rings (SSSR count). The zero-order valence-corrected chi connectivity index (χ0v) is 25.2. The number of hydrogen-bond acceptors (Lipinski definition) is 8. The number of ether oxygens (including phenoxy) is 3. The maximum absolute atomic E-state index is 12.2. The first kappa shape index (κ1) is 28.4. The first-order valence-electron chi connectivity index (χ1n) is 13.6. The fourth-order valence-corrected chi connectivity index (χ4v) is 5.80.